The molecular formula is C22H22N2O4. The zero-order valence-electron chi connectivity index (χ0n) is 15.9. The molecule has 28 heavy (non-hydrogen) atoms. The highest BCUT2D eigenvalue weighted by atomic mass is 16.5. The van der Waals surface area contributed by atoms with E-state index in [9.17, 15) is 9.90 Å². The average Bonchev–Trinajstić information content (AvgIpc) is 3.16. The zero-order valence-corrected chi connectivity index (χ0v) is 15.9. The Morgan fingerprint density at radius 2 is 2.04 bits per heavy atom. The van der Waals surface area contributed by atoms with Gasteiger partial charge in [-0.05, 0) is 50.5 Å². The predicted octanol–water partition coefficient (Wildman–Crippen LogP) is 4.54. The molecule has 0 saturated carbocycles. The molecule has 2 N–H and O–H groups in total. The number of allylic oxidation sites excluding steroid dienone is 2. The number of H-pyrrole nitrogens is 1. The van der Waals surface area contributed by atoms with E-state index in [0.29, 0.717) is 17.1 Å². The van der Waals surface area contributed by atoms with Gasteiger partial charge < -0.3 is 19.2 Å². The van der Waals surface area contributed by atoms with Crippen molar-refractivity contribution in [1.82, 2.24) is 9.97 Å². The van der Waals surface area contributed by atoms with Gasteiger partial charge in [0.2, 0.25) is 11.2 Å². The van der Waals surface area contributed by atoms with Gasteiger partial charge in [0.05, 0.1) is 12.8 Å². The second-order valence-corrected chi connectivity index (χ2v) is 6.95. The monoisotopic (exact) mass is 378 g/mol. The normalized spacial score (nSPS) is 16.3. The van der Waals surface area contributed by atoms with Gasteiger partial charge in [-0.3, -0.25) is 4.79 Å². The van der Waals surface area contributed by atoms with Crippen LogP contribution in [0.15, 0.2) is 51.7 Å². The first-order chi connectivity index (χ1) is 13.6. The third-order valence-electron chi connectivity index (χ3n) is 5.01. The maximum Gasteiger partial charge on any atom is 0.227 e. The summed E-state index contributed by atoms with van der Waals surface area (Å²) in [6.45, 7) is 1.68. The summed E-state index contributed by atoms with van der Waals surface area (Å²) in [6.07, 6.45) is 7.24. The van der Waals surface area contributed by atoms with Crippen LogP contribution in [0.25, 0.3) is 22.7 Å². The second-order valence-electron chi connectivity index (χ2n) is 6.95. The van der Waals surface area contributed by atoms with E-state index >= 15 is 0 Å². The number of imidazole rings is 1. The summed E-state index contributed by atoms with van der Waals surface area (Å²) in [7, 11) is 1.61. The van der Waals surface area contributed by atoms with E-state index in [0.717, 1.165) is 36.4 Å². The maximum atomic E-state index is 12.1. The first kappa shape index (κ1) is 18.1. The van der Waals surface area contributed by atoms with E-state index < -0.39 is 11.2 Å². The van der Waals surface area contributed by atoms with Crippen LogP contribution in [0.5, 0.6) is 11.5 Å². The largest absolute Gasteiger partial charge is 0.501 e. The molecular weight excluding hydrogens is 356 g/mol. The molecule has 0 amide bonds. The Kier molecular flexibility index (Phi) is 4.77. The topological polar surface area (TPSA) is 88.4 Å². The van der Waals surface area contributed by atoms with Gasteiger partial charge in [0.1, 0.15) is 23.0 Å². The molecule has 6 heteroatoms. The fraction of sp³-hybridized carbons (Fsp3) is 0.273. The molecule has 1 aliphatic carbocycles. The van der Waals surface area contributed by atoms with Gasteiger partial charge in [-0.25, -0.2) is 4.98 Å². The number of aromatic hydroxyl groups is 1. The lowest BCUT2D eigenvalue weighted by Gasteiger charge is -2.14. The van der Waals surface area contributed by atoms with Crippen LogP contribution in [0.4, 0.5) is 0 Å². The molecule has 4 rings (SSSR count). The summed E-state index contributed by atoms with van der Waals surface area (Å²) < 4.78 is 11.0. The van der Waals surface area contributed by atoms with Crippen molar-refractivity contribution >= 4 is 0 Å². The van der Waals surface area contributed by atoms with Gasteiger partial charge in [-0.15, -0.1) is 0 Å². The number of benzene rings is 1. The highest BCUT2D eigenvalue weighted by molar-refractivity contribution is 5.78. The van der Waals surface area contributed by atoms with E-state index in [1.54, 1.807) is 14.0 Å². The van der Waals surface area contributed by atoms with Crippen molar-refractivity contribution in [1.29, 1.82) is 0 Å². The minimum Gasteiger partial charge on any atom is -0.501 e. The van der Waals surface area contributed by atoms with Crippen molar-refractivity contribution in [2.24, 2.45) is 0 Å². The molecule has 3 aromatic rings. The summed E-state index contributed by atoms with van der Waals surface area (Å²) in [6, 6.07) is 8.77. The SMILES string of the molecule is COc1ccc(-c2nc(C3CC=CCC3)[nH]c2-c2oc(C)cc(=O)c2O)cc1. The molecule has 2 aromatic heterocycles. The van der Waals surface area contributed by atoms with Gasteiger partial charge in [0.15, 0.2) is 5.76 Å². The number of rotatable bonds is 4. The number of hydrogen-bond donors (Lipinski definition) is 2. The van der Waals surface area contributed by atoms with E-state index in [-0.39, 0.29) is 11.7 Å². The van der Waals surface area contributed by atoms with Crippen molar-refractivity contribution in [2.75, 3.05) is 7.11 Å². The van der Waals surface area contributed by atoms with Gasteiger partial charge in [0.25, 0.3) is 0 Å². The number of nitrogens with zero attached hydrogens (tertiary/aromatic N) is 1. The molecule has 0 bridgehead atoms. The molecule has 0 fully saturated rings. The molecule has 1 aliphatic rings. The molecule has 1 unspecified atom stereocenters. The average molecular weight is 378 g/mol. The van der Waals surface area contributed by atoms with Crippen LogP contribution in [-0.4, -0.2) is 22.2 Å². The fourth-order valence-electron chi connectivity index (χ4n) is 3.52. The Bertz CT molecular complexity index is 1080. The number of hydrogen-bond acceptors (Lipinski definition) is 5. The maximum absolute atomic E-state index is 12.1. The van der Waals surface area contributed by atoms with Crippen LogP contribution in [-0.2, 0) is 0 Å². The predicted molar refractivity (Wildman–Crippen MR) is 107 cm³/mol. The Morgan fingerprint density at radius 1 is 1.25 bits per heavy atom. The third kappa shape index (κ3) is 3.33. The number of nitrogens with one attached hydrogen (secondary N) is 1. The van der Waals surface area contributed by atoms with Crippen molar-refractivity contribution in [3.8, 4) is 34.2 Å². The molecule has 1 atom stereocenters. The van der Waals surface area contributed by atoms with Gasteiger partial charge in [-0.2, -0.15) is 0 Å². The molecule has 144 valence electrons. The Morgan fingerprint density at radius 3 is 2.71 bits per heavy atom. The second kappa shape index (κ2) is 7.38. The third-order valence-corrected chi connectivity index (χ3v) is 5.01. The smallest absolute Gasteiger partial charge is 0.227 e. The van der Waals surface area contributed by atoms with Gasteiger partial charge in [0, 0.05) is 17.5 Å². The minimum absolute atomic E-state index is 0.112. The standard InChI is InChI=1S/C22H22N2O4/c1-13-12-17(25)20(26)21(28-13)19-18(14-8-10-16(27-2)11-9-14)23-22(24-19)15-6-4-3-5-7-15/h3-4,8-12,15,26H,5-7H2,1-2H3,(H,23,24). The van der Waals surface area contributed by atoms with Crippen molar-refractivity contribution < 1.29 is 14.3 Å². The number of aromatic nitrogens is 2. The molecule has 2 heterocycles. The summed E-state index contributed by atoms with van der Waals surface area (Å²) in [4.78, 5) is 20.3. The molecule has 0 aliphatic heterocycles. The number of ether oxygens (including phenoxy) is 1. The summed E-state index contributed by atoms with van der Waals surface area (Å²) in [5, 5.41) is 10.4. The van der Waals surface area contributed by atoms with Crippen LogP contribution in [0, 0.1) is 6.92 Å². The van der Waals surface area contributed by atoms with Crippen LogP contribution in [0.2, 0.25) is 0 Å². The lowest BCUT2D eigenvalue weighted by atomic mass is 9.94. The number of aryl methyl sites for hydroxylation is 1. The van der Waals surface area contributed by atoms with E-state index in [1.165, 1.54) is 6.07 Å². The van der Waals surface area contributed by atoms with Gasteiger partial charge in [-0.1, -0.05) is 12.2 Å². The zero-order chi connectivity index (χ0) is 19.7. The number of aromatic amines is 1. The molecule has 0 saturated heterocycles. The van der Waals surface area contributed by atoms with E-state index in [1.807, 2.05) is 24.3 Å². The van der Waals surface area contributed by atoms with E-state index in [4.69, 9.17) is 14.1 Å². The molecule has 1 aromatic carbocycles. The highest BCUT2D eigenvalue weighted by Gasteiger charge is 2.24. The van der Waals surface area contributed by atoms with Crippen LogP contribution < -0.4 is 10.2 Å². The van der Waals surface area contributed by atoms with Crippen molar-refractivity contribution in [3.63, 3.8) is 0 Å². The Labute approximate surface area is 162 Å². The van der Waals surface area contributed by atoms with E-state index in [2.05, 4.69) is 17.1 Å². The van der Waals surface area contributed by atoms with Crippen molar-refractivity contribution in [2.45, 2.75) is 32.1 Å². The summed E-state index contributed by atoms with van der Waals surface area (Å²) in [5.74, 6) is 1.95. The highest BCUT2D eigenvalue weighted by Crippen LogP contribution is 2.38. The molecule has 6 nitrogen and oxygen atoms in total. The quantitative estimate of drug-likeness (QED) is 0.651. The summed E-state index contributed by atoms with van der Waals surface area (Å²) >= 11 is 0. The first-order valence-corrected chi connectivity index (χ1v) is 9.30. The summed E-state index contributed by atoms with van der Waals surface area (Å²) in [5.41, 5.74) is 1.51. The molecule has 0 radical (unpaired) electrons. The lowest BCUT2D eigenvalue weighted by Crippen LogP contribution is -2.03. The first-order valence-electron chi connectivity index (χ1n) is 9.30. The molecule has 0 spiro atoms. The fourth-order valence-corrected chi connectivity index (χ4v) is 3.52. The van der Waals surface area contributed by atoms with Crippen LogP contribution >= 0.6 is 0 Å². The van der Waals surface area contributed by atoms with Gasteiger partial charge >= 0.3 is 0 Å². The number of methoxy groups -OCH3 is 1. The Balaban J connectivity index is 1.89. The van der Waals surface area contributed by atoms with Crippen LogP contribution in [0.3, 0.4) is 0 Å². The van der Waals surface area contributed by atoms with Crippen molar-refractivity contribution in [3.05, 3.63) is 64.3 Å². The lowest BCUT2D eigenvalue weighted by molar-refractivity contribution is 0.415. The van der Waals surface area contributed by atoms with Crippen LogP contribution in [0.1, 0.15) is 36.8 Å². The minimum atomic E-state index is -0.476. The Hall–Kier alpha value is -3.28.